The molecule has 2 fully saturated rings. The minimum Gasteiger partial charge on any atom is -0.228 e. The molecule has 0 amide bonds. The summed E-state index contributed by atoms with van der Waals surface area (Å²) in [7, 11) is 0. The summed E-state index contributed by atoms with van der Waals surface area (Å²) < 4.78 is 0. The molecule has 13 aromatic carbocycles. The number of nitrogens with zero attached hydrogens (tertiary/aromatic N) is 4. The molecule has 0 atom stereocenters. The number of hydrogen-bond donors (Lipinski definition) is 0. The van der Waals surface area contributed by atoms with Gasteiger partial charge in [-0.1, -0.05) is 360 Å². The van der Waals surface area contributed by atoms with Gasteiger partial charge in [0.15, 0.2) is 11.6 Å². The van der Waals surface area contributed by atoms with Crippen LogP contribution in [0.3, 0.4) is 0 Å². The summed E-state index contributed by atoms with van der Waals surface area (Å²) in [5, 5.41) is 0. The Labute approximate surface area is 598 Å². The molecule has 102 heavy (non-hydrogen) atoms. The van der Waals surface area contributed by atoms with Gasteiger partial charge in [-0.25, -0.2) is 19.9 Å². The Morgan fingerprint density at radius 2 is 0.441 bits per heavy atom. The van der Waals surface area contributed by atoms with E-state index in [-0.39, 0.29) is 10.8 Å². The van der Waals surface area contributed by atoms with Crippen molar-refractivity contribution in [3.8, 4) is 146 Å². The van der Waals surface area contributed by atoms with E-state index in [0.717, 1.165) is 67.8 Å². The highest BCUT2D eigenvalue weighted by Crippen LogP contribution is 2.60. The quantitative estimate of drug-likeness (QED) is 0.129. The van der Waals surface area contributed by atoms with Crippen molar-refractivity contribution < 1.29 is 0 Å². The SMILES string of the molecule is c1ccc(-c2ccc(-c3cc(-c4ccccc4)nc(-c4ccc(-c5ccc(-c6cccc7c6C6(CCCCC6)c6ccccc6-7)cc5)cc4)n3)cc2)cc1.c1ccc(-c2ccc(-c3cc(-c4ccccc4)nc(-c4cccc(-c5cccc6c5C5(CCCCC5)c5ccccc5-6)c4)n3)cc2)cc1. The van der Waals surface area contributed by atoms with Crippen LogP contribution in [0.15, 0.2) is 340 Å². The Hall–Kier alpha value is -12.0. The van der Waals surface area contributed by atoms with E-state index in [4.69, 9.17) is 19.9 Å². The summed E-state index contributed by atoms with van der Waals surface area (Å²) >= 11 is 0. The summed E-state index contributed by atoms with van der Waals surface area (Å²) in [6, 6.07) is 122. The van der Waals surface area contributed by atoms with Crippen LogP contribution >= 0.6 is 0 Å². The number of hydrogen-bond acceptors (Lipinski definition) is 4. The van der Waals surface area contributed by atoms with E-state index in [1.165, 1.54) is 159 Å². The van der Waals surface area contributed by atoms with Crippen LogP contribution < -0.4 is 0 Å². The van der Waals surface area contributed by atoms with Crippen molar-refractivity contribution in [2.75, 3.05) is 0 Å². The molecule has 4 aliphatic rings. The second kappa shape index (κ2) is 26.9. The van der Waals surface area contributed by atoms with Gasteiger partial charge in [0.05, 0.1) is 22.8 Å². The topological polar surface area (TPSA) is 51.6 Å². The van der Waals surface area contributed by atoms with E-state index < -0.39 is 0 Å². The smallest absolute Gasteiger partial charge is 0.160 e. The summed E-state index contributed by atoms with van der Waals surface area (Å²) in [4.78, 5) is 20.6. The lowest BCUT2D eigenvalue weighted by atomic mass is 9.66. The van der Waals surface area contributed by atoms with Gasteiger partial charge in [0, 0.05) is 44.2 Å². The Morgan fingerprint density at radius 3 is 0.853 bits per heavy atom. The third-order valence-corrected chi connectivity index (χ3v) is 22.2. The van der Waals surface area contributed by atoms with Crippen molar-refractivity contribution >= 4 is 0 Å². The minimum absolute atomic E-state index is 0.0829. The standard InChI is InChI=1S/C52H40N2.C46H36N2/c1-4-13-36(14-5-1)37-23-29-42(30-24-37)49-35-48(41-15-6-2-7-16-41)53-51(54-49)43-31-25-39(26-32-43)38-21-27-40(28-22-38)44-18-12-19-46-45-17-8-9-20-47(45)52(50(44)46)33-10-3-11-34-52;1-4-14-32(15-5-1)33-24-26-35(27-25-33)43-31-42(34-16-6-2-7-17-34)47-45(48-43)37-19-12-18-36(30-37)38-21-13-22-40-39-20-8-9-23-41(39)46(44(38)40)28-10-3-11-29-46/h1-2,4-9,12-32,35H,3,10-11,33-34H2;1-2,4-9,12-27,30-31H,3,10-11,28-29H2. The summed E-state index contributed by atoms with van der Waals surface area (Å²) in [6.07, 6.45) is 12.7. The second-order valence-corrected chi connectivity index (χ2v) is 28.1. The molecule has 488 valence electrons. The largest absolute Gasteiger partial charge is 0.228 e. The predicted molar refractivity (Wildman–Crippen MR) is 422 cm³/mol. The number of rotatable bonds is 11. The molecular formula is C98H76N4. The molecular weight excluding hydrogens is 1230 g/mol. The van der Waals surface area contributed by atoms with Crippen LogP contribution in [0.5, 0.6) is 0 Å². The summed E-state index contributed by atoms with van der Waals surface area (Å²) in [6.45, 7) is 0. The molecule has 0 saturated heterocycles. The molecule has 2 aromatic heterocycles. The van der Waals surface area contributed by atoms with Crippen molar-refractivity contribution in [1.29, 1.82) is 0 Å². The van der Waals surface area contributed by atoms with Gasteiger partial charge in [0.1, 0.15) is 0 Å². The van der Waals surface area contributed by atoms with Crippen LogP contribution in [-0.4, -0.2) is 19.9 Å². The fourth-order valence-electron chi connectivity index (χ4n) is 17.3. The molecule has 4 aliphatic carbocycles. The maximum Gasteiger partial charge on any atom is 0.160 e. The van der Waals surface area contributed by atoms with Crippen molar-refractivity contribution in [1.82, 2.24) is 19.9 Å². The van der Waals surface area contributed by atoms with Crippen molar-refractivity contribution in [2.24, 2.45) is 0 Å². The third-order valence-electron chi connectivity index (χ3n) is 22.2. The second-order valence-electron chi connectivity index (χ2n) is 28.1. The molecule has 2 spiro atoms. The van der Waals surface area contributed by atoms with Crippen LogP contribution in [0.25, 0.3) is 146 Å². The van der Waals surface area contributed by atoms with Gasteiger partial charge in [-0.05, 0) is 144 Å². The maximum absolute atomic E-state index is 5.21. The zero-order chi connectivity index (χ0) is 67.8. The number of aromatic nitrogens is 4. The van der Waals surface area contributed by atoms with E-state index >= 15 is 0 Å². The number of fused-ring (bicyclic) bond motifs is 10. The van der Waals surface area contributed by atoms with Crippen molar-refractivity contribution in [3.63, 3.8) is 0 Å². The van der Waals surface area contributed by atoms with E-state index in [1.807, 2.05) is 18.2 Å². The molecule has 0 unspecified atom stereocenters. The molecule has 4 nitrogen and oxygen atoms in total. The lowest BCUT2D eigenvalue weighted by molar-refractivity contribution is 0.353. The first-order valence-corrected chi connectivity index (χ1v) is 36.5. The molecule has 2 saturated carbocycles. The lowest BCUT2D eigenvalue weighted by Gasteiger charge is -2.37. The van der Waals surface area contributed by atoms with Gasteiger partial charge < -0.3 is 0 Å². The van der Waals surface area contributed by atoms with Crippen LogP contribution in [0, 0.1) is 0 Å². The van der Waals surface area contributed by atoms with E-state index in [0.29, 0.717) is 0 Å². The molecule has 19 rings (SSSR count). The van der Waals surface area contributed by atoms with E-state index in [2.05, 4.69) is 322 Å². The Morgan fingerprint density at radius 1 is 0.176 bits per heavy atom. The first kappa shape index (κ1) is 62.3. The van der Waals surface area contributed by atoms with Crippen LogP contribution in [0.1, 0.15) is 86.5 Å². The minimum atomic E-state index is 0.0829. The molecule has 15 aromatic rings. The van der Waals surface area contributed by atoms with Gasteiger partial charge in [0.25, 0.3) is 0 Å². The normalized spacial score (nSPS) is 14.2. The molecule has 0 radical (unpaired) electrons. The Kier molecular flexibility index (Phi) is 16.4. The summed E-state index contributed by atoms with van der Waals surface area (Å²) in [5.41, 5.74) is 34.4. The zero-order valence-electron chi connectivity index (χ0n) is 57.2. The highest BCUT2D eigenvalue weighted by Gasteiger charge is 2.46. The van der Waals surface area contributed by atoms with Crippen molar-refractivity contribution in [2.45, 2.75) is 75.0 Å². The lowest BCUT2D eigenvalue weighted by Crippen LogP contribution is -2.28. The van der Waals surface area contributed by atoms with Gasteiger partial charge >= 0.3 is 0 Å². The Bertz CT molecular complexity index is 5520. The molecule has 0 aliphatic heterocycles. The van der Waals surface area contributed by atoms with Gasteiger partial charge in [0.2, 0.25) is 0 Å². The molecule has 2 heterocycles. The highest BCUT2D eigenvalue weighted by atomic mass is 14.9. The van der Waals surface area contributed by atoms with Crippen molar-refractivity contribution in [3.05, 3.63) is 362 Å². The van der Waals surface area contributed by atoms with Crippen LogP contribution in [-0.2, 0) is 10.8 Å². The monoisotopic (exact) mass is 1310 g/mol. The first-order valence-electron chi connectivity index (χ1n) is 36.5. The fourth-order valence-corrected chi connectivity index (χ4v) is 17.3. The van der Waals surface area contributed by atoms with E-state index in [1.54, 1.807) is 5.56 Å². The van der Waals surface area contributed by atoms with Crippen LogP contribution in [0.4, 0.5) is 0 Å². The average molecular weight is 1310 g/mol. The fraction of sp³-hybridized carbons (Fsp3) is 0.122. The molecule has 4 heteroatoms. The highest BCUT2D eigenvalue weighted by molar-refractivity contribution is 5.91. The summed E-state index contributed by atoms with van der Waals surface area (Å²) in [5.74, 6) is 1.46. The zero-order valence-corrected chi connectivity index (χ0v) is 57.2. The number of benzene rings is 13. The Balaban J connectivity index is 0.000000147. The molecule has 0 bridgehead atoms. The molecule has 0 N–H and O–H groups in total. The average Bonchev–Trinajstić information content (AvgIpc) is 1.56. The van der Waals surface area contributed by atoms with Gasteiger partial charge in [-0.3, -0.25) is 0 Å². The van der Waals surface area contributed by atoms with Gasteiger partial charge in [-0.2, -0.15) is 0 Å². The van der Waals surface area contributed by atoms with E-state index in [9.17, 15) is 0 Å². The predicted octanol–water partition coefficient (Wildman–Crippen LogP) is 25.8. The third kappa shape index (κ3) is 11.6. The maximum atomic E-state index is 5.21. The van der Waals surface area contributed by atoms with Gasteiger partial charge in [-0.15, -0.1) is 0 Å². The first-order chi connectivity index (χ1) is 50.5. The van der Waals surface area contributed by atoms with Crippen LogP contribution in [0.2, 0.25) is 0 Å².